The molecule has 0 fully saturated rings. The Kier molecular flexibility index (Phi) is 2.92. The number of primary amides is 1. The van der Waals surface area contributed by atoms with Crippen LogP contribution in [-0.4, -0.2) is 10.9 Å². The maximum Gasteiger partial charge on any atom is 0.271 e. The summed E-state index contributed by atoms with van der Waals surface area (Å²) in [5, 5.41) is 0. The van der Waals surface area contributed by atoms with Crippen LogP contribution in [-0.2, 0) is 4.79 Å². The van der Waals surface area contributed by atoms with Crippen molar-refractivity contribution in [3.8, 4) is 11.8 Å². The molecule has 72 valence electrons. The van der Waals surface area contributed by atoms with Crippen LogP contribution in [0.3, 0.4) is 0 Å². The summed E-state index contributed by atoms with van der Waals surface area (Å²) >= 11 is 0. The lowest BCUT2D eigenvalue weighted by Crippen LogP contribution is -2.10. The second-order valence-electron chi connectivity index (χ2n) is 2.62. The second kappa shape index (κ2) is 4.14. The van der Waals surface area contributed by atoms with Crippen LogP contribution in [0.5, 0.6) is 0 Å². The molecule has 0 aliphatic rings. The van der Waals surface area contributed by atoms with Gasteiger partial charge in [-0.05, 0) is 6.07 Å². The highest BCUT2D eigenvalue weighted by Gasteiger charge is 1.93. The third-order valence-electron chi connectivity index (χ3n) is 1.43. The van der Waals surface area contributed by atoms with Gasteiger partial charge in [-0.15, -0.1) is 0 Å². The molecule has 1 aromatic rings. The molecular weight excluding hydrogens is 182 g/mol. The van der Waals surface area contributed by atoms with E-state index in [4.69, 9.17) is 11.5 Å². The van der Waals surface area contributed by atoms with Crippen molar-refractivity contribution in [1.29, 1.82) is 0 Å². The van der Waals surface area contributed by atoms with Crippen LogP contribution in [0.1, 0.15) is 12.0 Å². The molecule has 0 spiro atoms. The normalized spacial score (nSPS) is 8.86. The quantitative estimate of drug-likeness (QED) is 0.505. The van der Waals surface area contributed by atoms with Crippen LogP contribution in [0.15, 0.2) is 17.1 Å². The summed E-state index contributed by atoms with van der Waals surface area (Å²) in [5.41, 5.74) is 10.5. The highest BCUT2D eigenvalue weighted by molar-refractivity contribution is 5.76. The summed E-state index contributed by atoms with van der Waals surface area (Å²) in [5.74, 6) is 4.70. The second-order valence-corrected chi connectivity index (χ2v) is 2.62. The van der Waals surface area contributed by atoms with E-state index in [1.165, 1.54) is 12.3 Å². The summed E-state index contributed by atoms with van der Waals surface area (Å²) in [6.45, 7) is 0. The van der Waals surface area contributed by atoms with Crippen molar-refractivity contribution < 1.29 is 4.79 Å². The number of rotatable bonds is 1. The van der Waals surface area contributed by atoms with Crippen molar-refractivity contribution in [3.63, 3.8) is 0 Å². The molecule has 1 heterocycles. The Bertz CT molecular complexity index is 465. The fraction of sp³-hybridized carbons (Fsp3) is 0.111. The van der Waals surface area contributed by atoms with E-state index >= 15 is 0 Å². The van der Waals surface area contributed by atoms with Gasteiger partial charge in [0.2, 0.25) is 5.91 Å². The Morgan fingerprint density at radius 1 is 1.57 bits per heavy atom. The Balaban J connectivity index is 2.86. The van der Waals surface area contributed by atoms with E-state index in [-0.39, 0.29) is 17.7 Å². The molecular formula is C9H9N3O2. The predicted octanol–water partition coefficient (Wildman–Crippen LogP) is -0.816. The fourth-order valence-electron chi connectivity index (χ4n) is 0.807. The molecule has 0 aliphatic carbocycles. The van der Waals surface area contributed by atoms with E-state index in [2.05, 4.69) is 16.8 Å². The van der Waals surface area contributed by atoms with Crippen LogP contribution in [0, 0.1) is 11.8 Å². The van der Waals surface area contributed by atoms with Crippen LogP contribution in [0.25, 0.3) is 0 Å². The van der Waals surface area contributed by atoms with Gasteiger partial charge in [-0.25, -0.2) is 0 Å². The van der Waals surface area contributed by atoms with Crippen LogP contribution in [0.4, 0.5) is 5.69 Å². The highest BCUT2D eigenvalue weighted by Crippen LogP contribution is 1.96. The number of amides is 1. The number of pyridine rings is 1. The number of nitrogens with two attached hydrogens (primary N) is 2. The van der Waals surface area contributed by atoms with Crippen molar-refractivity contribution in [2.45, 2.75) is 6.42 Å². The lowest BCUT2D eigenvalue weighted by molar-refractivity contribution is -0.117. The smallest absolute Gasteiger partial charge is 0.271 e. The number of H-pyrrole nitrogens is 1. The molecule has 0 aromatic carbocycles. The Labute approximate surface area is 80.1 Å². The van der Waals surface area contributed by atoms with Gasteiger partial charge in [-0.3, -0.25) is 9.59 Å². The van der Waals surface area contributed by atoms with E-state index in [0.29, 0.717) is 5.56 Å². The van der Waals surface area contributed by atoms with Crippen molar-refractivity contribution in [2.24, 2.45) is 5.73 Å². The van der Waals surface area contributed by atoms with Gasteiger partial charge in [0.1, 0.15) is 0 Å². The Morgan fingerprint density at radius 3 is 2.86 bits per heavy atom. The number of aromatic amines is 1. The van der Waals surface area contributed by atoms with Gasteiger partial charge in [0, 0.05) is 11.8 Å². The van der Waals surface area contributed by atoms with E-state index < -0.39 is 5.91 Å². The average molecular weight is 191 g/mol. The predicted molar refractivity (Wildman–Crippen MR) is 52.2 cm³/mol. The standard InChI is InChI=1S/C9H9N3O2/c10-7-4-6(5-12-9(7)14)2-1-3-8(11)13/h4-5H,3,10H2,(H2,11,13)(H,12,14). The van der Waals surface area contributed by atoms with Gasteiger partial charge in [-0.1, -0.05) is 11.8 Å². The number of anilines is 1. The molecule has 5 nitrogen and oxygen atoms in total. The minimum Gasteiger partial charge on any atom is -0.394 e. The first-order valence-corrected chi connectivity index (χ1v) is 3.85. The number of hydrogen-bond donors (Lipinski definition) is 3. The number of aromatic nitrogens is 1. The van der Waals surface area contributed by atoms with E-state index in [1.54, 1.807) is 0 Å². The lowest BCUT2D eigenvalue weighted by Gasteiger charge is -1.91. The molecule has 0 bridgehead atoms. The summed E-state index contributed by atoms with van der Waals surface area (Å²) in [7, 11) is 0. The monoisotopic (exact) mass is 191 g/mol. The summed E-state index contributed by atoms with van der Waals surface area (Å²) in [6.07, 6.45) is 1.41. The molecule has 0 aliphatic heterocycles. The zero-order valence-corrected chi connectivity index (χ0v) is 7.33. The maximum absolute atomic E-state index is 10.9. The first kappa shape index (κ1) is 9.86. The van der Waals surface area contributed by atoms with Crippen molar-refractivity contribution in [3.05, 3.63) is 28.2 Å². The SMILES string of the molecule is NC(=O)CC#Cc1c[nH]c(=O)c(N)c1. The van der Waals surface area contributed by atoms with E-state index in [1.807, 2.05) is 0 Å². The van der Waals surface area contributed by atoms with Crippen molar-refractivity contribution >= 4 is 11.6 Å². The number of nitrogen functional groups attached to an aromatic ring is 1. The minimum atomic E-state index is -0.491. The zero-order valence-electron chi connectivity index (χ0n) is 7.33. The van der Waals surface area contributed by atoms with Gasteiger partial charge in [0.25, 0.3) is 5.56 Å². The molecule has 1 aromatic heterocycles. The van der Waals surface area contributed by atoms with Crippen LogP contribution in [0.2, 0.25) is 0 Å². The molecule has 0 radical (unpaired) electrons. The van der Waals surface area contributed by atoms with E-state index in [0.717, 1.165) is 0 Å². The van der Waals surface area contributed by atoms with Crippen LogP contribution < -0.4 is 17.0 Å². The summed E-state index contributed by atoms with van der Waals surface area (Å²) in [6, 6.07) is 1.44. The molecule has 0 saturated carbocycles. The molecule has 1 rings (SSSR count). The van der Waals surface area contributed by atoms with Gasteiger partial charge >= 0.3 is 0 Å². The Hall–Kier alpha value is -2.22. The molecule has 0 saturated heterocycles. The molecule has 0 unspecified atom stereocenters. The molecule has 1 amide bonds. The highest BCUT2D eigenvalue weighted by atomic mass is 16.1. The van der Waals surface area contributed by atoms with E-state index in [9.17, 15) is 9.59 Å². The summed E-state index contributed by atoms with van der Waals surface area (Å²) in [4.78, 5) is 23.6. The number of nitrogens with one attached hydrogen (secondary N) is 1. The molecule has 5 heteroatoms. The minimum absolute atomic E-state index is 0.0149. The van der Waals surface area contributed by atoms with Gasteiger partial charge in [-0.2, -0.15) is 0 Å². The molecule has 0 atom stereocenters. The third kappa shape index (κ3) is 2.68. The summed E-state index contributed by atoms with van der Waals surface area (Å²) < 4.78 is 0. The zero-order chi connectivity index (χ0) is 10.6. The number of carbonyl (C=O) groups excluding carboxylic acids is 1. The lowest BCUT2D eigenvalue weighted by atomic mass is 10.2. The first-order chi connectivity index (χ1) is 6.59. The molecule has 14 heavy (non-hydrogen) atoms. The van der Waals surface area contributed by atoms with Crippen LogP contribution >= 0.6 is 0 Å². The average Bonchev–Trinajstić information content (AvgIpc) is 2.10. The van der Waals surface area contributed by atoms with Gasteiger partial charge in [0.05, 0.1) is 12.1 Å². The fourth-order valence-corrected chi connectivity index (χ4v) is 0.807. The first-order valence-electron chi connectivity index (χ1n) is 3.85. The maximum atomic E-state index is 10.9. The third-order valence-corrected chi connectivity index (χ3v) is 1.43. The largest absolute Gasteiger partial charge is 0.394 e. The van der Waals surface area contributed by atoms with Crippen molar-refractivity contribution in [1.82, 2.24) is 4.98 Å². The van der Waals surface area contributed by atoms with Gasteiger partial charge in [0.15, 0.2) is 0 Å². The molecule has 5 N–H and O–H groups in total. The van der Waals surface area contributed by atoms with Crippen molar-refractivity contribution in [2.75, 3.05) is 5.73 Å². The Morgan fingerprint density at radius 2 is 2.29 bits per heavy atom. The number of hydrogen-bond acceptors (Lipinski definition) is 3. The topological polar surface area (TPSA) is 102 Å². The van der Waals surface area contributed by atoms with Gasteiger partial charge < -0.3 is 16.5 Å². The number of carbonyl (C=O) groups is 1.